The van der Waals surface area contributed by atoms with E-state index in [1.807, 2.05) is 6.92 Å². The zero-order valence-electron chi connectivity index (χ0n) is 25.0. The van der Waals surface area contributed by atoms with E-state index in [1.54, 1.807) is 6.08 Å². The minimum absolute atomic E-state index is 0.0582. The number of amides is 1. The van der Waals surface area contributed by atoms with Gasteiger partial charge in [0.25, 0.3) is 0 Å². The van der Waals surface area contributed by atoms with Crippen LogP contribution in [-0.2, 0) is 19.1 Å². The number of hydrogen-bond donors (Lipinski definition) is 5. The van der Waals surface area contributed by atoms with Gasteiger partial charge in [-0.1, -0.05) is 33.8 Å². The molecular weight excluding hydrogens is 544 g/mol. The molecule has 41 heavy (non-hydrogen) atoms. The van der Waals surface area contributed by atoms with Gasteiger partial charge in [0, 0.05) is 34.5 Å². The van der Waals surface area contributed by atoms with Crippen LogP contribution in [0.2, 0.25) is 0 Å². The molecule has 9 nitrogen and oxygen atoms in total. The van der Waals surface area contributed by atoms with E-state index in [2.05, 4.69) is 32.7 Å². The van der Waals surface area contributed by atoms with Crippen LogP contribution in [0.3, 0.4) is 0 Å². The van der Waals surface area contributed by atoms with Crippen LogP contribution in [0.15, 0.2) is 12.7 Å². The average Bonchev–Trinajstić information content (AvgIpc) is 3.30. The molecule has 0 aromatic carbocycles. The number of Topliss-reactive ketones (excluding diaryl/α,β-unsaturated/α-hetero) is 1. The minimum atomic E-state index is -0.993. The van der Waals surface area contributed by atoms with E-state index in [4.69, 9.17) is 15.6 Å². The van der Waals surface area contributed by atoms with Gasteiger partial charge in [-0.3, -0.25) is 14.4 Å². The number of rotatable bonds is 8. The number of esters is 1. The molecule has 0 saturated heterocycles. The summed E-state index contributed by atoms with van der Waals surface area (Å²) in [7, 11) is 0. The predicted molar refractivity (Wildman–Crippen MR) is 158 cm³/mol. The number of carbonyl (C=O) groups excluding carboxylic acids is 3. The number of hydrogen-bond acceptors (Lipinski definition) is 9. The Hall–Kier alpha value is -1.46. The van der Waals surface area contributed by atoms with Crippen LogP contribution in [0.1, 0.15) is 79.1 Å². The van der Waals surface area contributed by atoms with Crippen LogP contribution in [0, 0.1) is 34.0 Å². The molecule has 0 aliphatic heterocycles. The number of aliphatic hydroxyl groups is 3. The number of ether oxygens (including phenoxy) is 1. The first-order chi connectivity index (χ1) is 19.2. The standard InChI is InChI=1S/C31H50N2O7S/c1-6-29(4)14-24(30(5)17(2)9-11-31(18(3)27(29)38)12-10-21(35)26(30)31)40-25(37)16-41-23-8-7-19(13-22(23)36)33-28(39)20(32)15-34/h6,17-20,22-24,26-27,34,36,38H,1,7-16,32H2,2-5H3,(H,33,39)/t17?,18-,19+,20+,22+,23+,24+,26-,27-,29+,30-,31?/m0/s1. The van der Waals surface area contributed by atoms with Gasteiger partial charge in [0.15, 0.2) is 0 Å². The molecule has 10 heteroatoms. The highest BCUT2D eigenvalue weighted by Gasteiger charge is 2.68. The monoisotopic (exact) mass is 594 g/mol. The molecule has 4 rings (SSSR count). The van der Waals surface area contributed by atoms with E-state index in [-0.39, 0.29) is 52.0 Å². The van der Waals surface area contributed by atoms with Crippen LogP contribution in [0.5, 0.6) is 0 Å². The van der Waals surface area contributed by atoms with Crippen molar-refractivity contribution in [2.75, 3.05) is 12.4 Å². The van der Waals surface area contributed by atoms with Crippen molar-refractivity contribution in [3.8, 4) is 0 Å². The Kier molecular flexibility index (Phi) is 9.71. The fourth-order valence-electron chi connectivity index (χ4n) is 8.70. The number of nitrogens with two attached hydrogens (primary N) is 1. The van der Waals surface area contributed by atoms with Gasteiger partial charge in [-0.15, -0.1) is 18.3 Å². The van der Waals surface area contributed by atoms with Gasteiger partial charge < -0.3 is 31.1 Å². The molecule has 4 saturated carbocycles. The van der Waals surface area contributed by atoms with E-state index >= 15 is 0 Å². The topological polar surface area (TPSA) is 159 Å². The number of carbonyl (C=O) groups is 3. The van der Waals surface area contributed by atoms with Crippen LogP contribution in [0.25, 0.3) is 0 Å². The molecule has 0 heterocycles. The van der Waals surface area contributed by atoms with E-state index < -0.39 is 47.7 Å². The van der Waals surface area contributed by atoms with Gasteiger partial charge >= 0.3 is 5.97 Å². The summed E-state index contributed by atoms with van der Waals surface area (Å²) in [5.74, 6) is -0.737. The Balaban J connectivity index is 1.48. The third-order valence-electron chi connectivity index (χ3n) is 11.6. The maximum Gasteiger partial charge on any atom is 0.316 e. The number of nitrogens with one attached hydrogen (secondary N) is 1. The van der Waals surface area contributed by atoms with Gasteiger partial charge in [-0.2, -0.15) is 0 Å². The lowest BCUT2D eigenvalue weighted by molar-refractivity contribution is -0.205. The van der Waals surface area contributed by atoms with Gasteiger partial charge in [0.05, 0.1) is 24.6 Å². The van der Waals surface area contributed by atoms with Gasteiger partial charge in [0.2, 0.25) is 5.91 Å². The predicted octanol–water partition coefficient (Wildman–Crippen LogP) is 2.34. The summed E-state index contributed by atoms with van der Waals surface area (Å²) >= 11 is 1.35. The Morgan fingerprint density at radius 3 is 2.56 bits per heavy atom. The highest BCUT2D eigenvalue weighted by molar-refractivity contribution is 8.00. The zero-order chi connectivity index (χ0) is 30.3. The Morgan fingerprint density at radius 1 is 1.22 bits per heavy atom. The molecule has 6 N–H and O–H groups in total. The lowest BCUT2D eigenvalue weighted by atomic mass is 9.44. The molecule has 1 amide bonds. The Morgan fingerprint density at radius 2 is 1.93 bits per heavy atom. The summed E-state index contributed by atoms with van der Waals surface area (Å²) in [5.41, 5.74) is 4.02. The van der Waals surface area contributed by atoms with Crippen LogP contribution < -0.4 is 11.1 Å². The van der Waals surface area contributed by atoms with Crippen molar-refractivity contribution < 1.29 is 34.4 Å². The zero-order valence-corrected chi connectivity index (χ0v) is 25.8. The average molecular weight is 595 g/mol. The summed E-state index contributed by atoms with van der Waals surface area (Å²) < 4.78 is 6.31. The summed E-state index contributed by atoms with van der Waals surface area (Å²) in [6.45, 7) is 12.0. The summed E-state index contributed by atoms with van der Waals surface area (Å²) in [4.78, 5) is 39.0. The first kappa shape index (κ1) is 32.5. The molecule has 4 aliphatic rings. The molecule has 4 fully saturated rings. The normalized spacial score (nSPS) is 45.1. The summed E-state index contributed by atoms with van der Waals surface area (Å²) in [5, 5.41) is 34.1. The van der Waals surface area contributed by atoms with E-state index in [0.29, 0.717) is 32.1 Å². The summed E-state index contributed by atoms with van der Waals surface area (Å²) in [6.07, 6.45) is 4.83. The Bertz CT molecular complexity index is 1030. The second-order valence-electron chi connectivity index (χ2n) is 13.8. The molecule has 0 spiro atoms. The van der Waals surface area contributed by atoms with Crippen molar-refractivity contribution in [2.24, 2.45) is 39.7 Å². The quantitative estimate of drug-likeness (QED) is 0.210. The van der Waals surface area contributed by atoms with Crippen molar-refractivity contribution in [1.29, 1.82) is 0 Å². The fourth-order valence-corrected chi connectivity index (χ4v) is 9.76. The van der Waals surface area contributed by atoms with Crippen LogP contribution >= 0.6 is 11.8 Å². The van der Waals surface area contributed by atoms with Crippen molar-refractivity contribution in [2.45, 2.75) is 115 Å². The second kappa shape index (κ2) is 12.3. The van der Waals surface area contributed by atoms with E-state index in [0.717, 1.165) is 19.3 Å². The Labute approximate surface area is 248 Å². The number of aliphatic hydroxyl groups excluding tert-OH is 3. The van der Waals surface area contributed by atoms with Crippen molar-refractivity contribution in [3.05, 3.63) is 12.7 Å². The van der Waals surface area contributed by atoms with Crippen molar-refractivity contribution in [3.63, 3.8) is 0 Å². The van der Waals surface area contributed by atoms with Gasteiger partial charge in [0.1, 0.15) is 17.9 Å². The van der Waals surface area contributed by atoms with Gasteiger partial charge in [-0.25, -0.2) is 0 Å². The third kappa shape index (κ3) is 5.76. The van der Waals surface area contributed by atoms with Crippen molar-refractivity contribution >= 4 is 29.4 Å². The number of ketones is 1. The number of thioether (sulfide) groups is 1. The van der Waals surface area contributed by atoms with E-state index in [9.17, 15) is 24.6 Å². The highest BCUT2D eigenvalue weighted by Crippen LogP contribution is 2.68. The third-order valence-corrected chi connectivity index (χ3v) is 13.0. The molecule has 12 atom stereocenters. The molecule has 0 aromatic rings. The SMILES string of the molecule is C=C[C@]1(C)C[C@@H](OC(=O)CS[C@@H]2CC[C@@H](NC(=O)[C@H](N)CO)C[C@H]2O)[C@]2(C)C(C)CCC3(CCC(=O)[C@H]32)[C@@H](C)[C@@H]1O. The summed E-state index contributed by atoms with van der Waals surface area (Å²) in [6, 6.07) is -1.23. The molecule has 232 valence electrons. The maximum absolute atomic E-state index is 13.5. The smallest absolute Gasteiger partial charge is 0.316 e. The molecule has 4 aliphatic carbocycles. The first-order valence-electron chi connectivity index (χ1n) is 15.2. The lowest BCUT2D eigenvalue weighted by Gasteiger charge is -2.61. The second-order valence-corrected chi connectivity index (χ2v) is 15.0. The van der Waals surface area contributed by atoms with E-state index in [1.165, 1.54) is 11.8 Å². The van der Waals surface area contributed by atoms with Crippen LogP contribution in [-0.4, -0.2) is 81.0 Å². The molecule has 2 unspecified atom stereocenters. The lowest BCUT2D eigenvalue weighted by Crippen LogP contribution is -2.63. The molecule has 0 radical (unpaired) electrons. The van der Waals surface area contributed by atoms with Crippen molar-refractivity contribution in [1.82, 2.24) is 5.32 Å². The fraction of sp³-hybridized carbons (Fsp3) is 0.839. The molecule has 2 bridgehead atoms. The highest BCUT2D eigenvalue weighted by atomic mass is 32.2. The minimum Gasteiger partial charge on any atom is -0.461 e. The largest absolute Gasteiger partial charge is 0.461 e. The maximum atomic E-state index is 13.5. The molecule has 0 aromatic heterocycles. The molecular formula is C31H50N2O7S. The van der Waals surface area contributed by atoms with Crippen LogP contribution in [0.4, 0.5) is 0 Å². The first-order valence-corrected chi connectivity index (χ1v) is 16.3. The van der Waals surface area contributed by atoms with Gasteiger partial charge in [-0.05, 0) is 62.2 Å².